The van der Waals surface area contributed by atoms with Crippen molar-refractivity contribution in [1.82, 2.24) is 14.8 Å². The maximum Gasteiger partial charge on any atom is 0.254 e. The van der Waals surface area contributed by atoms with Crippen LogP contribution in [0.1, 0.15) is 16.1 Å². The molecule has 0 aliphatic carbocycles. The van der Waals surface area contributed by atoms with Crippen molar-refractivity contribution in [2.24, 2.45) is 5.73 Å². The van der Waals surface area contributed by atoms with E-state index in [1.54, 1.807) is 12.3 Å². The Morgan fingerprint density at radius 1 is 1.39 bits per heavy atom. The first-order valence-corrected chi connectivity index (χ1v) is 6.35. The number of aryl methyl sites for hydroxylation is 1. The molecule has 5 heteroatoms. The van der Waals surface area contributed by atoms with E-state index in [0.717, 1.165) is 44.0 Å². The van der Waals surface area contributed by atoms with Crippen LogP contribution in [0.2, 0.25) is 0 Å². The molecule has 1 aromatic heterocycles. The number of pyridine rings is 1. The number of amides is 1. The number of piperazine rings is 1. The van der Waals surface area contributed by atoms with Crippen molar-refractivity contribution in [3.05, 3.63) is 29.6 Å². The first-order valence-electron chi connectivity index (χ1n) is 6.35. The van der Waals surface area contributed by atoms with Crippen molar-refractivity contribution in [2.75, 3.05) is 39.3 Å². The Bertz CT molecular complexity index is 413. The van der Waals surface area contributed by atoms with E-state index < -0.39 is 0 Å². The van der Waals surface area contributed by atoms with Crippen molar-refractivity contribution >= 4 is 5.91 Å². The third-order valence-electron chi connectivity index (χ3n) is 3.25. The largest absolute Gasteiger partial charge is 0.336 e. The molecule has 1 fully saturated rings. The molecule has 0 atom stereocenters. The molecule has 2 rings (SSSR count). The molecule has 1 aromatic rings. The van der Waals surface area contributed by atoms with Gasteiger partial charge in [0.15, 0.2) is 0 Å². The smallest absolute Gasteiger partial charge is 0.254 e. The second-order valence-corrected chi connectivity index (χ2v) is 4.61. The average molecular weight is 248 g/mol. The van der Waals surface area contributed by atoms with Gasteiger partial charge in [-0.05, 0) is 19.1 Å². The predicted octanol–water partition coefficient (Wildman–Crippen LogP) is 0.107. The van der Waals surface area contributed by atoms with E-state index in [-0.39, 0.29) is 5.91 Å². The van der Waals surface area contributed by atoms with Gasteiger partial charge in [-0.1, -0.05) is 0 Å². The number of nitrogens with two attached hydrogens (primary N) is 1. The zero-order valence-corrected chi connectivity index (χ0v) is 10.8. The van der Waals surface area contributed by atoms with Crippen LogP contribution >= 0.6 is 0 Å². The fourth-order valence-electron chi connectivity index (χ4n) is 2.22. The Kier molecular flexibility index (Phi) is 4.28. The highest BCUT2D eigenvalue weighted by Gasteiger charge is 2.21. The summed E-state index contributed by atoms with van der Waals surface area (Å²) in [5.74, 6) is 0.105. The van der Waals surface area contributed by atoms with Crippen LogP contribution in [0, 0.1) is 6.92 Å². The van der Waals surface area contributed by atoms with Crippen LogP contribution in [0.3, 0.4) is 0 Å². The molecule has 2 heterocycles. The van der Waals surface area contributed by atoms with Crippen LogP contribution in [-0.4, -0.2) is 60.0 Å². The summed E-state index contributed by atoms with van der Waals surface area (Å²) in [6.07, 6.45) is 1.69. The van der Waals surface area contributed by atoms with Gasteiger partial charge in [-0.2, -0.15) is 0 Å². The van der Waals surface area contributed by atoms with Crippen LogP contribution in [0.4, 0.5) is 0 Å². The topological polar surface area (TPSA) is 62.5 Å². The Balaban J connectivity index is 1.95. The first kappa shape index (κ1) is 13.0. The van der Waals surface area contributed by atoms with Crippen molar-refractivity contribution in [3.63, 3.8) is 0 Å². The SMILES string of the molecule is Cc1cc(C(=O)N2CCN(CCN)CC2)ccn1. The molecule has 1 aliphatic rings. The highest BCUT2D eigenvalue weighted by molar-refractivity contribution is 5.94. The predicted molar refractivity (Wildman–Crippen MR) is 70.4 cm³/mol. The second-order valence-electron chi connectivity index (χ2n) is 4.61. The number of aromatic nitrogens is 1. The van der Waals surface area contributed by atoms with Gasteiger partial charge in [0.2, 0.25) is 0 Å². The monoisotopic (exact) mass is 248 g/mol. The van der Waals surface area contributed by atoms with Gasteiger partial charge < -0.3 is 10.6 Å². The molecular weight excluding hydrogens is 228 g/mol. The Morgan fingerprint density at radius 3 is 2.72 bits per heavy atom. The number of rotatable bonds is 3. The van der Waals surface area contributed by atoms with Crippen LogP contribution in [0.15, 0.2) is 18.3 Å². The van der Waals surface area contributed by atoms with Crippen LogP contribution < -0.4 is 5.73 Å². The second kappa shape index (κ2) is 5.93. The molecule has 0 radical (unpaired) electrons. The van der Waals surface area contributed by atoms with Gasteiger partial charge in [0.25, 0.3) is 5.91 Å². The van der Waals surface area contributed by atoms with Crippen LogP contribution in [0.5, 0.6) is 0 Å². The van der Waals surface area contributed by atoms with Gasteiger partial charge in [0, 0.05) is 56.7 Å². The number of carbonyl (C=O) groups is 1. The molecule has 0 saturated carbocycles. The van der Waals surface area contributed by atoms with E-state index in [2.05, 4.69) is 9.88 Å². The number of carbonyl (C=O) groups excluding carboxylic acids is 1. The Labute approximate surface area is 108 Å². The Hall–Kier alpha value is -1.46. The van der Waals surface area contributed by atoms with Gasteiger partial charge in [0.05, 0.1) is 0 Å². The molecule has 0 unspecified atom stereocenters. The zero-order chi connectivity index (χ0) is 13.0. The summed E-state index contributed by atoms with van der Waals surface area (Å²) in [5, 5.41) is 0. The van der Waals surface area contributed by atoms with E-state index in [1.165, 1.54) is 0 Å². The maximum absolute atomic E-state index is 12.3. The number of hydrogen-bond donors (Lipinski definition) is 1. The lowest BCUT2D eigenvalue weighted by Gasteiger charge is -2.34. The Morgan fingerprint density at radius 2 is 2.11 bits per heavy atom. The maximum atomic E-state index is 12.3. The summed E-state index contributed by atoms with van der Waals surface area (Å²) < 4.78 is 0. The summed E-state index contributed by atoms with van der Waals surface area (Å²) in [7, 11) is 0. The van der Waals surface area contributed by atoms with E-state index in [9.17, 15) is 4.79 Å². The van der Waals surface area contributed by atoms with E-state index in [0.29, 0.717) is 6.54 Å². The van der Waals surface area contributed by atoms with Crippen LogP contribution in [0.25, 0.3) is 0 Å². The number of nitrogens with zero attached hydrogens (tertiary/aromatic N) is 3. The molecule has 18 heavy (non-hydrogen) atoms. The molecule has 5 nitrogen and oxygen atoms in total. The number of hydrogen-bond acceptors (Lipinski definition) is 4. The fraction of sp³-hybridized carbons (Fsp3) is 0.538. The van der Waals surface area contributed by atoms with Crippen molar-refractivity contribution in [2.45, 2.75) is 6.92 Å². The van der Waals surface area contributed by atoms with Crippen LogP contribution in [-0.2, 0) is 0 Å². The van der Waals surface area contributed by atoms with E-state index in [4.69, 9.17) is 5.73 Å². The normalized spacial score (nSPS) is 16.9. The lowest BCUT2D eigenvalue weighted by molar-refractivity contribution is 0.0641. The highest BCUT2D eigenvalue weighted by Crippen LogP contribution is 2.09. The van der Waals surface area contributed by atoms with Gasteiger partial charge in [-0.15, -0.1) is 0 Å². The summed E-state index contributed by atoms with van der Waals surface area (Å²) >= 11 is 0. The molecule has 1 saturated heterocycles. The standard InChI is InChI=1S/C13H20N4O/c1-11-10-12(2-4-15-11)13(18)17-8-6-16(5-3-14)7-9-17/h2,4,10H,3,5-9,14H2,1H3. The molecule has 0 bridgehead atoms. The molecule has 2 N–H and O–H groups in total. The third-order valence-corrected chi connectivity index (χ3v) is 3.25. The first-order chi connectivity index (χ1) is 8.70. The van der Waals surface area contributed by atoms with Crippen molar-refractivity contribution in [3.8, 4) is 0 Å². The van der Waals surface area contributed by atoms with E-state index >= 15 is 0 Å². The minimum absolute atomic E-state index is 0.105. The molecular formula is C13H20N4O. The van der Waals surface area contributed by atoms with Crippen molar-refractivity contribution in [1.29, 1.82) is 0 Å². The molecule has 1 amide bonds. The highest BCUT2D eigenvalue weighted by atomic mass is 16.2. The molecule has 0 spiro atoms. The minimum atomic E-state index is 0.105. The summed E-state index contributed by atoms with van der Waals surface area (Å²) in [4.78, 5) is 20.6. The summed E-state index contributed by atoms with van der Waals surface area (Å²) in [5.41, 5.74) is 7.14. The van der Waals surface area contributed by atoms with Gasteiger partial charge >= 0.3 is 0 Å². The van der Waals surface area contributed by atoms with Gasteiger partial charge in [0.1, 0.15) is 0 Å². The van der Waals surface area contributed by atoms with Gasteiger partial charge in [-0.25, -0.2) is 0 Å². The lowest BCUT2D eigenvalue weighted by atomic mass is 10.2. The summed E-state index contributed by atoms with van der Waals surface area (Å²) in [6, 6.07) is 3.62. The fourth-order valence-corrected chi connectivity index (χ4v) is 2.22. The lowest BCUT2D eigenvalue weighted by Crippen LogP contribution is -2.49. The minimum Gasteiger partial charge on any atom is -0.336 e. The average Bonchev–Trinajstić information content (AvgIpc) is 2.39. The molecule has 98 valence electrons. The summed E-state index contributed by atoms with van der Waals surface area (Å²) in [6.45, 7) is 6.87. The molecule has 0 aromatic carbocycles. The quantitative estimate of drug-likeness (QED) is 0.824. The van der Waals surface area contributed by atoms with Gasteiger partial charge in [-0.3, -0.25) is 14.7 Å². The third kappa shape index (κ3) is 3.05. The zero-order valence-electron chi connectivity index (χ0n) is 10.8. The van der Waals surface area contributed by atoms with E-state index in [1.807, 2.05) is 17.9 Å². The molecule has 1 aliphatic heterocycles. The van der Waals surface area contributed by atoms with Crippen molar-refractivity contribution < 1.29 is 4.79 Å².